The first-order valence-electron chi connectivity index (χ1n) is 10.5. The van der Waals surface area contributed by atoms with Gasteiger partial charge in [-0.05, 0) is 24.7 Å². The zero-order valence-corrected chi connectivity index (χ0v) is 18.6. The van der Waals surface area contributed by atoms with Crippen LogP contribution in [-0.4, -0.2) is 66.2 Å². The van der Waals surface area contributed by atoms with Crippen LogP contribution in [0.2, 0.25) is 0 Å². The summed E-state index contributed by atoms with van der Waals surface area (Å²) in [5.74, 6) is 0.120. The van der Waals surface area contributed by atoms with Crippen molar-refractivity contribution in [3.8, 4) is 11.4 Å². The first kappa shape index (κ1) is 22.1. The van der Waals surface area contributed by atoms with Crippen LogP contribution in [0.4, 0.5) is 5.69 Å². The molecule has 1 aromatic heterocycles. The van der Waals surface area contributed by atoms with Crippen molar-refractivity contribution in [2.24, 2.45) is 0 Å². The number of benzene rings is 2. The van der Waals surface area contributed by atoms with Crippen molar-refractivity contribution < 1.29 is 13.2 Å². The van der Waals surface area contributed by atoms with Crippen molar-refractivity contribution in [3.05, 3.63) is 72.6 Å². The lowest BCUT2D eigenvalue weighted by Gasteiger charge is -2.33. The maximum absolute atomic E-state index is 13.0. The number of hydrogen-bond donors (Lipinski definition) is 1. The Balaban J connectivity index is 1.46. The smallest absolute Gasteiger partial charge is 0.258 e. The van der Waals surface area contributed by atoms with Crippen LogP contribution in [0.25, 0.3) is 11.4 Å². The number of aromatic nitrogens is 2. The molecule has 4 rings (SSSR count). The lowest BCUT2D eigenvalue weighted by atomic mass is 10.2. The lowest BCUT2D eigenvalue weighted by molar-refractivity contribution is 0.102. The predicted octanol–water partition coefficient (Wildman–Crippen LogP) is 2.72. The van der Waals surface area contributed by atoms with Crippen LogP contribution in [-0.2, 0) is 10.0 Å². The molecule has 2 heterocycles. The van der Waals surface area contributed by atoms with Gasteiger partial charge in [-0.3, -0.25) is 4.79 Å². The summed E-state index contributed by atoms with van der Waals surface area (Å²) in [6, 6.07) is 15.8. The van der Waals surface area contributed by atoms with E-state index < -0.39 is 15.9 Å². The Bertz CT molecular complexity index is 1180. The normalized spacial score (nSPS) is 15.4. The van der Waals surface area contributed by atoms with Crippen molar-refractivity contribution in [3.63, 3.8) is 0 Å². The van der Waals surface area contributed by atoms with Crippen LogP contribution in [0.5, 0.6) is 0 Å². The van der Waals surface area contributed by atoms with E-state index in [-0.39, 0.29) is 10.5 Å². The van der Waals surface area contributed by atoms with Crippen molar-refractivity contribution in [1.29, 1.82) is 0 Å². The minimum atomic E-state index is -3.62. The SMILES string of the molecule is CCN1CCN(S(=O)(=O)c2cccc(NC(=O)c3cnc(-c4ccccc4)nc3)c2)CC1. The van der Waals surface area contributed by atoms with E-state index in [1.807, 2.05) is 30.3 Å². The lowest BCUT2D eigenvalue weighted by Crippen LogP contribution is -2.48. The molecule has 166 valence electrons. The Labute approximate surface area is 188 Å². The molecule has 9 heteroatoms. The summed E-state index contributed by atoms with van der Waals surface area (Å²) in [4.78, 5) is 23.5. The van der Waals surface area contributed by atoms with E-state index in [0.717, 1.165) is 12.1 Å². The molecule has 0 aliphatic carbocycles. The molecule has 1 saturated heterocycles. The second kappa shape index (κ2) is 9.56. The standard InChI is InChI=1S/C23H25N5O3S/c1-2-27-11-13-28(14-12-27)32(30,31)21-10-6-9-20(15-21)26-23(29)19-16-24-22(25-17-19)18-7-4-3-5-8-18/h3-10,15-17H,2,11-14H2,1H3,(H,26,29). The molecule has 1 aliphatic rings. The maximum atomic E-state index is 13.0. The molecule has 0 radical (unpaired) electrons. The molecule has 8 nitrogen and oxygen atoms in total. The number of carbonyl (C=O) groups is 1. The highest BCUT2D eigenvalue weighted by Gasteiger charge is 2.28. The van der Waals surface area contributed by atoms with Gasteiger partial charge in [0.05, 0.1) is 10.5 Å². The van der Waals surface area contributed by atoms with E-state index in [0.29, 0.717) is 37.7 Å². The molecule has 0 saturated carbocycles. The number of sulfonamides is 1. The summed E-state index contributed by atoms with van der Waals surface area (Å²) >= 11 is 0. The van der Waals surface area contributed by atoms with Gasteiger partial charge in [-0.15, -0.1) is 0 Å². The number of likely N-dealkylation sites (N-methyl/N-ethyl adjacent to an activating group) is 1. The van der Waals surface area contributed by atoms with Crippen LogP contribution in [0.15, 0.2) is 71.9 Å². The molecule has 1 N–H and O–H groups in total. The molecule has 0 unspecified atom stereocenters. The summed E-state index contributed by atoms with van der Waals surface area (Å²) in [5.41, 5.74) is 1.54. The van der Waals surface area contributed by atoms with Crippen LogP contribution in [0.3, 0.4) is 0 Å². The third-order valence-electron chi connectivity index (χ3n) is 5.45. The van der Waals surface area contributed by atoms with Gasteiger partial charge in [0.15, 0.2) is 5.82 Å². The molecule has 2 aromatic carbocycles. The number of hydrogen-bond acceptors (Lipinski definition) is 6. The highest BCUT2D eigenvalue weighted by atomic mass is 32.2. The van der Waals surface area contributed by atoms with Gasteiger partial charge in [0.2, 0.25) is 10.0 Å². The van der Waals surface area contributed by atoms with Gasteiger partial charge in [0.25, 0.3) is 5.91 Å². The van der Waals surface area contributed by atoms with Gasteiger partial charge >= 0.3 is 0 Å². The van der Waals surface area contributed by atoms with Gasteiger partial charge in [-0.1, -0.05) is 43.3 Å². The molecule has 0 bridgehead atoms. The minimum Gasteiger partial charge on any atom is -0.322 e. The topological polar surface area (TPSA) is 95.5 Å². The summed E-state index contributed by atoms with van der Waals surface area (Å²) in [5, 5.41) is 2.74. The van der Waals surface area contributed by atoms with Crippen molar-refractivity contribution in [2.45, 2.75) is 11.8 Å². The van der Waals surface area contributed by atoms with Crippen molar-refractivity contribution >= 4 is 21.6 Å². The van der Waals surface area contributed by atoms with E-state index in [2.05, 4.69) is 27.1 Å². The largest absolute Gasteiger partial charge is 0.322 e. The van der Waals surface area contributed by atoms with E-state index in [1.165, 1.54) is 22.8 Å². The fourth-order valence-electron chi connectivity index (χ4n) is 3.55. The van der Waals surface area contributed by atoms with E-state index in [9.17, 15) is 13.2 Å². The second-order valence-corrected chi connectivity index (χ2v) is 9.42. The molecule has 1 amide bonds. The molecular weight excluding hydrogens is 426 g/mol. The van der Waals surface area contributed by atoms with Gasteiger partial charge < -0.3 is 10.2 Å². The molecule has 1 aliphatic heterocycles. The Morgan fingerprint density at radius 3 is 2.31 bits per heavy atom. The third kappa shape index (κ3) is 4.85. The number of rotatable bonds is 6. The zero-order chi connectivity index (χ0) is 22.6. The second-order valence-electron chi connectivity index (χ2n) is 7.48. The van der Waals surface area contributed by atoms with Gasteiger partial charge in [-0.25, -0.2) is 18.4 Å². The van der Waals surface area contributed by atoms with Crippen molar-refractivity contribution in [1.82, 2.24) is 19.2 Å². The van der Waals surface area contributed by atoms with Crippen LogP contribution >= 0.6 is 0 Å². The molecule has 32 heavy (non-hydrogen) atoms. The van der Waals surface area contributed by atoms with Gasteiger partial charge in [0, 0.05) is 49.8 Å². The Morgan fingerprint density at radius 2 is 1.66 bits per heavy atom. The maximum Gasteiger partial charge on any atom is 0.258 e. The predicted molar refractivity (Wildman–Crippen MR) is 123 cm³/mol. The summed E-state index contributed by atoms with van der Waals surface area (Å²) < 4.78 is 27.6. The number of amides is 1. The Hall–Kier alpha value is -3.14. The Morgan fingerprint density at radius 1 is 0.969 bits per heavy atom. The number of piperazine rings is 1. The first-order chi connectivity index (χ1) is 15.5. The molecular formula is C23H25N5O3S. The highest BCUT2D eigenvalue weighted by Crippen LogP contribution is 2.21. The number of carbonyl (C=O) groups excluding carboxylic acids is 1. The number of nitrogens with zero attached hydrogens (tertiary/aromatic N) is 4. The van der Waals surface area contributed by atoms with E-state index >= 15 is 0 Å². The third-order valence-corrected chi connectivity index (χ3v) is 7.35. The number of nitrogens with one attached hydrogen (secondary N) is 1. The molecule has 3 aromatic rings. The van der Waals surface area contributed by atoms with Crippen LogP contribution < -0.4 is 5.32 Å². The Kier molecular flexibility index (Phi) is 6.59. The minimum absolute atomic E-state index is 0.163. The van der Waals surface area contributed by atoms with Crippen LogP contribution in [0, 0.1) is 0 Å². The summed E-state index contributed by atoms with van der Waals surface area (Å²) in [6.07, 6.45) is 2.91. The average Bonchev–Trinajstić information content (AvgIpc) is 2.85. The zero-order valence-electron chi connectivity index (χ0n) is 17.8. The fourth-order valence-corrected chi connectivity index (χ4v) is 5.02. The average molecular weight is 452 g/mol. The molecule has 0 atom stereocenters. The number of anilines is 1. The molecule has 0 spiro atoms. The monoisotopic (exact) mass is 451 g/mol. The van der Waals surface area contributed by atoms with Gasteiger partial charge in [0.1, 0.15) is 0 Å². The van der Waals surface area contributed by atoms with Crippen molar-refractivity contribution in [2.75, 3.05) is 38.0 Å². The van der Waals surface area contributed by atoms with Crippen LogP contribution in [0.1, 0.15) is 17.3 Å². The summed E-state index contributed by atoms with van der Waals surface area (Å²) in [6.45, 7) is 5.31. The molecule has 1 fully saturated rings. The first-order valence-corrected chi connectivity index (χ1v) is 11.9. The quantitative estimate of drug-likeness (QED) is 0.619. The highest BCUT2D eigenvalue weighted by molar-refractivity contribution is 7.89. The summed E-state index contributed by atoms with van der Waals surface area (Å²) in [7, 11) is -3.62. The fraction of sp³-hybridized carbons (Fsp3) is 0.261. The van der Waals surface area contributed by atoms with E-state index in [4.69, 9.17) is 0 Å². The van der Waals surface area contributed by atoms with E-state index in [1.54, 1.807) is 18.2 Å². The van der Waals surface area contributed by atoms with Gasteiger partial charge in [-0.2, -0.15) is 4.31 Å².